The van der Waals surface area contributed by atoms with Crippen LogP contribution < -0.4 is 5.32 Å². The van der Waals surface area contributed by atoms with Crippen molar-refractivity contribution in [3.8, 4) is 0 Å². The van der Waals surface area contributed by atoms with Gasteiger partial charge in [0.25, 0.3) is 0 Å². The molecule has 0 saturated carbocycles. The Labute approximate surface area is 105 Å². The fraction of sp³-hybridized carbons (Fsp3) is 0.923. The number of likely N-dealkylation sites (tertiary alicyclic amines) is 1. The van der Waals surface area contributed by atoms with Gasteiger partial charge in [-0.25, -0.2) is 4.79 Å². The van der Waals surface area contributed by atoms with Crippen molar-refractivity contribution in [3.63, 3.8) is 0 Å². The van der Waals surface area contributed by atoms with Gasteiger partial charge in [0.2, 0.25) is 0 Å². The number of nitrogens with zero attached hydrogens (tertiary/aromatic N) is 1. The summed E-state index contributed by atoms with van der Waals surface area (Å²) in [5, 5.41) is 2.86. The zero-order valence-corrected chi connectivity index (χ0v) is 11.7. The maximum absolute atomic E-state index is 11.5. The van der Waals surface area contributed by atoms with Crippen LogP contribution in [-0.4, -0.2) is 41.8 Å². The van der Waals surface area contributed by atoms with Crippen LogP contribution in [0.3, 0.4) is 0 Å². The van der Waals surface area contributed by atoms with Gasteiger partial charge < -0.3 is 10.1 Å². The van der Waals surface area contributed by atoms with Crippen molar-refractivity contribution in [3.05, 3.63) is 0 Å². The third kappa shape index (κ3) is 4.94. The van der Waals surface area contributed by atoms with E-state index >= 15 is 0 Å². The van der Waals surface area contributed by atoms with Crippen LogP contribution in [0.1, 0.15) is 47.5 Å². The van der Waals surface area contributed by atoms with Gasteiger partial charge in [-0.2, -0.15) is 0 Å². The molecule has 0 aromatic heterocycles. The highest BCUT2D eigenvalue weighted by Crippen LogP contribution is 2.19. The Morgan fingerprint density at radius 1 is 1.47 bits per heavy atom. The molecule has 0 bridgehead atoms. The molecule has 1 saturated heterocycles. The van der Waals surface area contributed by atoms with E-state index in [0.29, 0.717) is 18.6 Å². The molecule has 0 aromatic carbocycles. The molecule has 100 valence electrons. The molecule has 1 amide bonds. The van der Waals surface area contributed by atoms with Crippen molar-refractivity contribution >= 4 is 6.09 Å². The van der Waals surface area contributed by atoms with Gasteiger partial charge in [-0.05, 0) is 54.0 Å². The minimum atomic E-state index is -0.419. The maximum Gasteiger partial charge on any atom is 0.407 e. The number of carbonyl (C=O) groups excluding carboxylic acids is 1. The molecule has 0 radical (unpaired) electrons. The average molecular weight is 242 g/mol. The van der Waals surface area contributed by atoms with E-state index < -0.39 is 5.60 Å². The summed E-state index contributed by atoms with van der Waals surface area (Å²) >= 11 is 0. The van der Waals surface area contributed by atoms with Gasteiger partial charge in [0.05, 0.1) is 0 Å². The van der Waals surface area contributed by atoms with Gasteiger partial charge in [0, 0.05) is 18.6 Å². The summed E-state index contributed by atoms with van der Waals surface area (Å²) in [4.78, 5) is 14.0. The van der Waals surface area contributed by atoms with Crippen LogP contribution in [0.15, 0.2) is 0 Å². The quantitative estimate of drug-likeness (QED) is 0.826. The van der Waals surface area contributed by atoms with Crippen LogP contribution in [0.2, 0.25) is 0 Å². The Balaban J connectivity index is 2.33. The highest BCUT2D eigenvalue weighted by Gasteiger charge is 2.27. The SMILES string of the molecule is CC(C)N1CCCC1CNC(=O)OC(C)(C)C. The van der Waals surface area contributed by atoms with Crippen molar-refractivity contribution in [2.24, 2.45) is 0 Å². The number of amides is 1. The minimum absolute atomic E-state index is 0.312. The van der Waals surface area contributed by atoms with Crippen molar-refractivity contribution in [2.45, 2.75) is 65.1 Å². The molecular weight excluding hydrogens is 216 g/mol. The molecule has 0 aliphatic carbocycles. The van der Waals surface area contributed by atoms with Crippen LogP contribution in [0, 0.1) is 0 Å². The first-order chi connectivity index (χ1) is 7.79. The van der Waals surface area contributed by atoms with E-state index in [1.807, 2.05) is 20.8 Å². The van der Waals surface area contributed by atoms with Crippen LogP contribution in [0.25, 0.3) is 0 Å². The summed E-state index contributed by atoms with van der Waals surface area (Å²) in [7, 11) is 0. The number of carbonyl (C=O) groups is 1. The number of rotatable bonds is 3. The van der Waals surface area contributed by atoms with E-state index in [-0.39, 0.29) is 6.09 Å². The van der Waals surface area contributed by atoms with E-state index in [9.17, 15) is 4.79 Å². The van der Waals surface area contributed by atoms with Crippen molar-refractivity contribution in [1.82, 2.24) is 10.2 Å². The zero-order valence-electron chi connectivity index (χ0n) is 11.7. The fourth-order valence-corrected chi connectivity index (χ4v) is 2.27. The fourth-order valence-electron chi connectivity index (χ4n) is 2.27. The minimum Gasteiger partial charge on any atom is -0.444 e. The number of alkyl carbamates (subject to hydrolysis) is 1. The average Bonchev–Trinajstić information content (AvgIpc) is 2.59. The van der Waals surface area contributed by atoms with Crippen molar-refractivity contribution < 1.29 is 9.53 Å². The van der Waals surface area contributed by atoms with Gasteiger partial charge >= 0.3 is 6.09 Å². The Kier molecular flexibility index (Phi) is 4.80. The Bertz CT molecular complexity index is 259. The second-order valence-electron chi connectivity index (χ2n) is 6.01. The summed E-state index contributed by atoms with van der Waals surface area (Å²) in [6.07, 6.45) is 2.07. The zero-order chi connectivity index (χ0) is 13.1. The predicted molar refractivity (Wildman–Crippen MR) is 69.1 cm³/mol. The standard InChI is InChI=1S/C13H26N2O2/c1-10(2)15-8-6-7-11(15)9-14-12(16)17-13(3,4)5/h10-11H,6-9H2,1-5H3,(H,14,16). The number of nitrogens with one attached hydrogen (secondary N) is 1. The van der Waals surface area contributed by atoms with E-state index in [1.165, 1.54) is 6.42 Å². The summed E-state index contributed by atoms with van der Waals surface area (Å²) in [5.41, 5.74) is -0.419. The van der Waals surface area contributed by atoms with Crippen molar-refractivity contribution in [2.75, 3.05) is 13.1 Å². The van der Waals surface area contributed by atoms with E-state index in [0.717, 1.165) is 13.0 Å². The van der Waals surface area contributed by atoms with Gasteiger partial charge in [0.1, 0.15) is 5.60 Å². The molecule has 1 aliphatic heterocycles. The molecule has 1 unspecified atom stereocenters. The van der Waals surface area contributed by atoms with Gasteiger partial charge in [0.15, 0.2) is 0 Å². The number of hydrogen-bond donors (Lipinski definition) is 1. The summed E-state index contributed by atoms with van der Waals surface area (Å²) in [6.45, 7) is 11.9. The third-order valence-corrected chi connectivity index (χ3v) is 2.97. The molecule has 0 aromatic rings. The van der Waals surface area contributed by atoms with Crippen LogP contribution in [-0.2, 0) is 4.74 Å². The molecule has 1 N–H and O–H groups in total. The second kappa shape index (κ2) is 5.71. The van der Waals surface area contributed by atoms with Gasteiger partial charge in [-0.15, -0.1) is 0 Å². The lowest BCUT2D eigenvalue weighted by Crippen LogP contribution is -2.44. The Morgan fingerprint density at radius 2 is 2.12 bits per heavy atom. The number of hydrogen-bond acceptors (Lipinski definition) is 3. The van der Waals surface area contributed by atoms with Crippen LogP contribution in [0.5, 0.6) is 0 Å². The van der Waals surface area contributed by atoms with E-state index in [2.05, 4.69) is 24.1 Å². The lowest BCUT2D eigenvalue weighted by atomic mass is 10.2. The summed E-state index contributed by atoms with van der Waals surface area (Å²) in [5.74, 6) is 0. The molecule has 1 heterocycles. The second-order valence-corrected chi connectivity index (χ2v) is 6.01. The molecule has 4 nitrogen and oxygen atoms in total. The Hall–Kier alpha value is -0.770. The molecule has 17 heavy (non-hydrogen) atoms. The monoisotopic (exact) mass is 242 g/mol. The lowest BCUT2D eigenvalue weighted by molar-refractivity contribution is 0.0509. The molecule has 1 fully saturated rings. The normalized spacial score (nSPS) is 21.9. The highest BCUT2D eigenvalue weighted by molar-refractivity contribution is 5.67. The first-order valence-corrected chi connectivity index (χ1v) is 6.52. The highest BCUT2D eigenvalue weighted by atomic mass is 16.6. The smallest absolute Gasteiger partial charge is 0.407 e. The maximum atomic E-state index is 11.5. The van der Waals surface area contributed by atoms with Crippen LogP contribution in [0.4, 0.5) is 4.79 Å². The third-order valence-electron chi connectivity index (χ3n) is 2.97. The number of ether oxygens (including phenoxy) is 1. The summed E-state index contributed by atoms with van der Waals surface area (Å²) in [6, 6.07) is 1.01. The molecule has 4 heteroatoms. The molecular formula is C13H26N2O2. The topological polar surface area (TPSA) is 41.6 Å². The predicted octanol–water partition coefficient (Wildman–Crippen LogP) is 2.38. The molecule has 1 atom stereocenters. The Morgan fingerprint density at radius 3 is 2.65 bits per heavy atom. The van der Waals surface area contributed by atoms with Gasteiger partial charge in [-0.3, -0.25) is 4.90 Å². The first kappa shape index (κ1) is 14.3. The van der Waals surface area contributed by atoms with E-state index in [4.69, 9.17) is 4.74 Å². The lowest BCUT2D eigenvalue weighted by Gasteiger charge is -2.28. The van der Waals surface area contributed by atoms with Crippen molar-refractivity contribution in [1.29, 1.82) is 0 Å². The first-order valence-electron chi connectivity index (χ1n) is 6.52. The molecule has 1 aliphatic rings. The van der Waals surface area contributed by atoms with Gasteiger partial charge in [-0.1, -0.05) is 0 Å². The molecule has 1 rings (SSSR count). The molecule has 0 spiro atoms. The summed E-state index contributed by atoms with van der Waals surface area (Å²) < 4.78 is 5.22. The van der Waals surface area contributed by atoms with Crippen LogP contribution >= 0.6 is 0 Å². The largest absolute Gasteiger partial charge is 0.444 e. The van der Waals surface area contributed by atoms with E-state index in [1.54, 1.807) is 0 Å².